The first-order valence-electron chi connectivity index (χ1n) is 6.19. The number of urea groups is 1. The van der Waals surface area contributed by atoms with Gasteiger partial charge in [0.1, 0.15) is 11.6 Å². The number of nitrogens with one attached hydrogen (secondary N) is 1. The second-order valence-corrected chi connectivity index (χ2v) is 5.20. The van der Waals surface area contributed by atoms with Crippen LogP contribution in [0.2, 0.25) is 0 Å². The number of benzene rings is 1. The minimum absolute atomic E-state index is 0.128. The molecule has 21 heavy (non-hydrogen) atoms. The minimum atomic E-state index is -3.05. The molecule has 4 nitrogen and oxygen atoms in total. The zero-order valence-corrected chi connectivity index (χ0v) is 12.6. The van der Waals surface area contributed by atoms with Crippen LogP contribution in [-0.4, -0.2) is 43.1 Å². The van der Waals surface area contributed by atoms with Gasteiger partial charge in [-0.1, -0.05) is 0 Å². The summed E-state index contributed by atoms with van der Waals surface area (Å²) >= 11 is 1.66. The summed E-state index contributed by atoms with van der Waals surface area (Å²) < 4.78 is 41.9. The zero-order chi connectivity index (χ0) is 15.8. The highest BCUT2D eigenvalue weighted by atomic mass is 32.2. The standard InChI is InChI=1S/C13H17F3N2O2S/c1-18(6-3-7-21-2)13(19)17-10-8-9(14)4-5-11(10)20-12(15)16/h4-5,8,12H,3,6-7H2,1-2H3,(H,17,19). The third-order valence-electron chi connectivity index (χ3n) is 2.59. The number of carbonyl (C=O) groups excluding carboxylic acids is 1. The van der Waals surface area contributed by atoms with Gasteiger partial charge in [0.2, 0.25) is 0 Å². The highest BCUT2D eigenvalue weighted by molar-refractivity contribution is 7.98. The molecule has 2 amide bonds. The van der Waals surface area contributed by atoms with E-state index in [1.165, 1.54) is 4.90 Å². The quantitative estimate of drug-likeness (QED) is 0.779. The van der Waals surface area contributed by atoms with Gasteiger partial charge in [-0.25, -0.2) is 9.18 Å². The SMILES string of the molecule is CSCCCN(C)C(=O)Nc1cc(F)ccc1OC(F)F. The van der Waals surface area contributed by atoms with E-state index in [1.807, 2.05) is 6.26 Å². The van der Waals surface area contributed by atoms with E-state index in [4.69, 9.17) is 0 Å². The Hall–Kier alpha value is -1.57. The van der Waals surface area contributed by atoms with Gasteiger partial charge in [-0.3, -0.25) is 0 Å². The number of nitrogens with zero attached hydrogens (tertiary/aromatic N) is 1. The Bertz CT molecular complexity index is 475. The smallest absolute Gasteiger partial charge is 0.387 e. The molecular formula is C13H17F3N2O2S. The summed E-state index contributed by atoms with van der Waals surface area (Å²) in [5.74, 6) is -0.0358. The molecule has 118 valence electrons. The second kappa shape index (κ2) is 8.66. The molecule has 0 aliphatic heterocycles. The van der Waals surface area contributed by atoms with E-state index in [-0.39, 0.29) is 11.4 Å². The molecule has 0 atom stereocenters. The van der Waals surface area contributed by atoms with Crippen molar-refractivity contribution in [3.8, 4) is 5.75 Å². The average Bonchev–Trinajstić information content (AvgIpc) is 2.41. The molecule has 1 N–H and O–H groups in total. The maximum absolute atomic E-state index is 13.2. The van der Waals surface area contributed by atoms with E-state index in [9.17, 15) is 18.0 Å². The van der Waals surface area contributed by atoms with Crippen LogP contribution in [0.4, 0.5) is 23.7 Å². The summed E-state index contributed by atoms with van der Waals surface area (Å²) in [4.78, 5) is 13.3. The van der Waals surface area contributed by atoms with E-state index >= 15 is 0 Å². The van der Waals surface area contributed by atoms with Crippen molar-refractivity contribution in [2.45, 2.75) is 13.0 Å². The van der Waals surface area contributed by atoms with E-state index in [1.54, 1.807) is 18.8 Å². The number of amides is 2. The normalized spacial score (nSPS) is 10.6. The van der Waals surface area contributed by atoms with Crippen molar-refractivity contribution in [1.82, 2.24) is 4.90 Å². The zero-order valence-electron chi connectivity index (χ0n) is 11.7. The van der Waals surface area contributed by atoms with Crippen LogP contribution in [0.3, 0.4) is 0 Å². The van der Waals surface area contributed by atoms with Gasteiger partial charge in [0, 0.05) is 19.7 Å². The van der Waals surface area contributed by atoms with Crippen LogP contribution < -0.4 is 10.1 Å². The number of hydrogen-bond donors (Lipinski definition) is 1. The Labute approximate surface area is 125 Å². The van der Waals surface area contributed by atoms with Crippen molar-refractivity contribution in [2.75, 3.05) is 30.9 Å². The summed E-state index contributed by atoms with van der Waals surface area (Å²) in [5, 5.41) is 2.37. The van der Waals surface area contributed by atoms with Crippen LogP contribution >= 0.6 is 11.8 Å². The fraction of sp³-hybridized carbons (Fsp3) is 0.462. The van der Waals surface area contributed by atoms with Crippen LogP contribution in [0.5, 0.6) is 5.75 Å². The van der Waals surface area contributed by atoms with Crippen molar-refractivity contribution < 1.29 is 22.7 Å². The van der Waals surface area contributed by atoms with E-state index in [2.05, 4.69) is 10.1 Å². The van der Waals surface area contributed by atoms with Crippen LogP contribution in [-0.2, 0) is 0 Å². The molecule has 0 aromatic heterocycles. The van der Waals surface area contributed by atoms with Gasteiger partial charge in [0.05, 0.1) is 5.69 Å². The molecule has 0 saturated carbocycles. The molecule has 1 aromatic carbocycles. The largest absolute Gasteiger partial charge is 0.433 e. The molecule has 1 aromatic rings. The third-order valence-corrected chi connectivity index (χ3v) is 3.28. The molecule has 0 bridgehead atoms. The summed E-state index contributed by atoms with van der Waals surface area (Å²) in [7, 11) is 1.57. The number of anilines is 1. The predicted octanol–water partition coefficient (Wildman–Crippen LogP) is 3.64. The lowest BCUT2D eigenvalue weighted by molar-refractivity contribution is -0.0494. The summed E-state index contributed by atoms with van der Waals surface area (Å²) in [5.41, 5.74) is -0.128. The first-order valence-corrected chi connectivity index (χ1v) is 7.59. The fourth-order valence-corrected chi connectivity index (χ4v) is 1.97. The van der Waals surface area contributed by atoms with Crippen molar-refractivity contribution >= 4 is 23.5 Å². The van der Waals surface area contributed by atoms with Gasteiger partial charge in [-0.2, -0.15) is 20.5 Å². The maximum atomic E-state index is 13.2. The fourth-order valence-electron chi connectivity index (χ4n) is 1.56. The number of thioether (sulfide) groups is 1. The Morgan fingerprint density at radius 3 is 2.81 bits per heavy atom. The molecule has 0 spiro atoms. The lowest BCUT2D eigenvalue weighted by atomic mass is 10.3. The molecule has 0 saturated heterocycles. The summed E-state index contributed by atoms with van der Waals surface area (Å²) in [6.45, 7) is -2.54. The average molecular weight is 322 g/mol. The van der Waals surface area contributed by atoms with E-state index < -0.39 is 18.5 Å². The first-order chi connectivity index (χ1) is 9.93. The molecule has 0 radical (unpaired) electrons. The molecule has 0 heterocycles. The van der Waals surface area contributed by atoms with Crippen LogP contribution in [0.1, 0.15) is 6.42 Å². The van der Waals surface area contributed by atoms with Gasteiger partial charge in [-0.15, -0.1) is 0 Å². The van der Waals surface area contributed by atoms with Crippen molar-refractivity contribution in [2.24, 2.45) is 0 Å². The first kappa shape index (κ1) is 17.5. The Morgan fingerprint density at radius 2 is 2.19 bits per heavy atom. The summed E-state index contributed by atoms with van der Waals surface area (Å²) in [6.07, 6.45) is 2.76. The highest BCUT2D eigenvalue weighted by Crippen LogP contribution is 2.27. The van der Waals surface area contributed by atoms with Crippen LogP contribution in [0.15, 0.2) is 18.2 Å². The molecular weight excluding hydrogens is 305 g/mol. The molecule has 0 aliphatic carbocycles. The van der Waals surface area contributed by atoms with Crippen molar-refractivity contribution in [3.63, 3.8) is 0 Å². The number of rotatable bonds is 7. The summed E-state index contributed by atoms with van der Waals surface area (Å²) in [6, 6.07) is 2.45. The molecule has 0 fully saturated rings. The highest BCUT2D eigenvalue weighted by Gasteiger charge is 2.15. The number of alkyl halides is 2. The lowest BCUT2D eigenvalue weighted by Crippen LogP contribution is -2.32. The maximum Gasteiger partial charge on any atom is 0.387 e. The number of halogens is 3. The van der Waals surface area contributed by atoms with Gasteiger partial charge in [0.25, 0.3) is 0 Å². The topological polar surface area (TPSA) is 41.6 Å². The lowest BCUT2D eigenvalue weighted by Gasteiger charge is -2.19. The van der Waals surface area contributed by atoms with Gasteiger partial charge >= 0.3 is 12.6 Å². The molecule has 0 unspecified atom stereocenters. The van der Waals surface area contributed by atoms with E-state index in [0.29, 0.717) is 6.54 Å². The van der Waals surface area contributed by atoms with Gasteiger partial charge < -0.3 is 15.0 Å². The van der Waals surface area contributed by atoms with Gasteiger partial charge in [-0.05, 0) is 30.6 Å². The molecule has 8 heteroatoms. The molecule has 1 rings (SSSR count). The van der Waals surface area contributed by atoms with Crippen molar-refractivity contribution in [3.05, 3.63) is 24.0 Å². The van der Waals surface area contributed by atoms with Gasteiger partial charge in [0.15, 0.2) is 0 Å². The number of hydrogen-bond acceptors (Lipinski definition) is 3. The van der Waals surface area contributed by atoms with Crippen molar-refractivity contribution in [1.29, 1.82) is 0 Å². The van der Waals surface area contributed by atoms with Crippen LogP contribution in [0, 0.1) is 5.82 Å². The molecule has 0 aliphatic rings. The Kier molecular flexibility index (Phi) is 7.21. The predicted molar refractivity (Wildman–Crippen MR) is 77.7 cm³/mol. The third kappa shape index (κ3) is 6.16. The van der Waals surface area contributed by atoms with Crippen LogP contribution in [0.25, 0.3) is 0 Å². The number of ether oxygens (including phenoxy) is 1. The number of carbonyl (C=O) groups is 1. The van der Waals surface area contributed by atoms with E-state index in [0.717, 1.165) is 30.4 Å². The Morgan fingerprint density at radius 1 is 1.48 bits per heavy atom. The Balaban J connectivity index is 2.71. The monoisotopic (exact) mass is 322 g/mol. The second-order valence-electron chi connectivity index (χ2n) is 4.22. The minimum Gasteiger partial charge on any atom is -0.433 e.